The van der Waals surface area contributed by atoms with Gasteiger partial charge in [0, 0.05) is 38.4 Å². The zero-order chi connectivity index (χ0) is 12.8. The number of para-hydroxylation sites is 1. The molecule has 0 radical (unpaired) electrons. The highest BCUT2D eigenvalue weighted by Gasteiger charge is 2.17. The van der Waals surface area contributed by atoms with Crippen molar-refractivity contribution >= 4 is 5.69 Å². The summed E-state index contributed by atoms with van der Waals surface area (Å²) in [6.07, 6.45) is 0. The zero-order valence-electron chi connectivity index (χ0n) is 11.7. The fraction of sp³-hybridized carbons (Fsp3) is 0.600. The molecule has 1 aromatic rings. The quantitative estimate of drug-likeness (QED) is 0.858. The summed E-state index contributed by atoms with van der Waals surface area (Å²) in [5, 5.41) is 3.43. The molecule has 3 heteroatoms. The molecule has 0 spiro atoms. The van der Waals surface area contributed by atoms with E-state index in [1.165, 1.54) is 30.9 Å². The molecule has 0 unspecified atom stereocenters. The van der Waals surface area contributed by atoms with Gasteiger partial charge in [0.2, 0.25) is 0 Å². The van der Waals surface area contributed by atoms with Crippen LogP contribution in [0.15, 0.2) is 24.3 Å². The molecule has 1 aromatic carbocycles. The van der Waals surface area contributed by atoms with E-state index in [1.54, 1.807) is 0 Å². The van der Waals surface area contributed by atoms with E-state index in [1.807, 2.05) is 0 Å². The van der Waals surface area contributed by atoms with Crippen LogP contribution < -0.4 is 10.2 Å². The summed E-state index contributed by atoms with van der Waals surface area (Å²) in [5.41, 5.74) is 2.83. The first-order valence-corrected chi connectivity index (χ1v) is 7.11. The minimum absolute atomic E-state index is 0.973. The van der Waals surface area contributed by atoms with Gasteiger partial charge >= 0.3 is 0 Å². The van der Waals surface area contributed by atoms with Crippen LogP contribution in [0.1, 0.15) is 19.4 Å². The second kappa shape index (κ2) is 6.76. The van der Waals surface area contributed by atoms with Gasteiger partial charge in [-0.25, -0.2) is 0 Å². The van der Waals surface area contributed by atoms with Gasteiger partial charge in [-0.15, -0.1) is 0 Å². The molecule has 18 heavy (non-hydrogen) atoms. The molecule has 100 valence electrons. The van der Waals surface area contributed by atoms with Crippen LogP contribution in [0.4, 0.5) is 5.69 Å². The molecule has 1 N–H and O–H groups in total. The summed E-state index contributed by atoms with van der Waals surface area (Å²) in [6.45, 7) is 12.2. The van der Waals surface area contributed by atoms with Crippen LogP contribution in [0.5, 0.6) is 0 Å². The number of hydrogen-bond donors (Lipinski definition) is 1. The molecular weight excluding hydrogens is 222 g/mol. The highest BCUT2D eigenvalue weighted by atomic mass is 15.3. The van der Waals surface area contributed by atoms with Crippen LogP contribution in [0, 0.1) is 0 Å². The number of likely N-dealkylation sites (N-methyl/N-ethyl adjacent to an activating group) is 1. The van der Waals surface area contributed by atoms with Gasteiger partial charge in [0.1, 0.15) is 0 Å². The average Bonchev–Trinajstić information content (AvgIpc) is 2.45. The first kappa shape index (κ1) is 13.4. The van der Waals surface area contributed by atoms with E-state index in [4.69, 9.17) is 0 Å². The van der Waals surface area contributed by atoms with E-state index in [2.05, 4.69) is 53.2 Å². The number of anilines is 1. The molecule has 0 aromatic heterocycles. The third kappa shape index (κ3) is 3.24. The first-order chi connectivity index (χ1) is 8.85. The van der Waals surface area contributed by atoms with Crippen molar-refractivity contribution in [2.45, 2.75) is 20.4 Å². The Balaban J connectivity index is 2.03. The van der Waals surface area contributed by atoms with Crippen LogP contribution >= 0.6 is 0 Å². The Morgan fingerprint density at radius 1 is 1.06 bits per heavy atom. The lowest BCUT2D eigenvalue weighted by atomic mass is 10.1. The van der Waals surface area contributed by atoms with Crippen molar-refractivity contribution in [3.05, 3.63) is 29.8 Å². The summed E-state index contributed by atoms with van der Waals surface area (Å²) in [5.74, 6) is 0. The van der Waals surface area contributed by atoms with E-state index in [9.17, 15) is 0 Å². The van der Waals surface area contributed by atoms with Crippen molar-refractivity contribution in [1.82, 2.24) is 10.2 Å². The SMILES string of the molecule is CCNCc1ccccc1N1CCN(CC)CC1. The minimum Gasteiger partial charge on any atom is -0.369 e. The van der Waals surface area contributed by atoms with Crippen molar-refractivity contribution in [1.29, 1.82) is 0 Å². The maximum Gasteiger partial charge on any atom is 0.0412 e. The highest BCUT2D eigenvalue weighted by Crippen LogP contribution is 2.21. The normalized spacial score (nSPS) is 17.1. The number of nitrogens with one attached hydrogen (secondary N) is 1. The molecule has 2 rings (SSSR count). The molecule has 0 atom stereocenters. The van der Waals surface area contributed by atoms with E-state index < -0.39 is 0 Å². The molecule has 1 aliphatic heterocycles. The lowest BCUT2D eigenvalue weighted by Crippen LogP contribution is -2.46. The van der Waals surface area contributed by atoms with Crippen molar-refractivity contribution in [3.8, 4) is 0 Å². The maximum absolute atomic E-state index is 3.43. The summed E-state index contributed by atoms with van der Waals surface area (Å²) in [7, 11) is 0. The molecule has 1 aliphatic rings. The Kier molecular flexibility index (Phi) is 5.02. The number of rotatable bonds is 5. The number of nitrogens with zero attached hydrogens (tertiary/aromatic N) is 2. The summed E-state index contributed by atoms with van der Waals surface area (Å²) < 4.78 is 0. The van der Waals surface area contributed by atoms with Crippen LogP contribution in [0.3, 0.4) is 0 Å². The van der Waals surface area contributed by atoms with Gasteiger partial charge in [0.05, 0.1) is 0 Å². The smallest absolute Gasteiger partial charge is 0.0412 e. The van der Waals surface area contributed by atoms with Gasteiger partial charge in [-0.3, -0.25) is 0 Å². The minimum atomic E-state index is 0.973. The van der Waals surface area contributed by atoms with Crippen LogP contribution in [0.2, 0.25) is 0 Å². The second-order valence-corrected chi connectivity index (χ2v) is 4.83. The Morgan fingerprint density at radius 2 is 1.78 bits per heavy atom. The fourth-order valence-electron chi connectivity index (χ4n) is 2.53. The fourth-order valence-corrected chi connectivity index (χ4v) is 2.53. The van der Waals surface area contributed by atoms with Gasteiger partial charge < -0.3 is 15.1 Å². The maximum atomic E-state index is 3.43. The van der Waals surface area contributed by atoms with Crippen molar-refractivity contribution in [2.24, 2.45) is 0 Å². The van der Waals surface area contributed by atoms with E-state index >= 15 is 0 Å². The highest BCUT2D eigenvalue weighted by molar-refractivity contribution is 5.54. The summed E-state index contributed by atoms with van der Waals surface area (Å²) in [4.78, 5) is 5.04. The van der Waals surface area contributed by atoms with Gasteiger partial charge in [-0.1, -0.05) is 32.0 Å². The third-order valence-corrected chi connectivity index (χ3v) is 3.72. The number of benzene rings is 1. The average molecular weight is 247 g/mol. The summed E-state index contributed by atoms with van der Waals surface area (Å²) >= 11 is 0. The van der Waals surface area contributed by atoms with Gasteiger partial charge in [-0.05, 0) is 24.7 Å². The lowest BCUT2D eigenvalue weighted by Gasteiger charge is -2.36. The molecule has 0 saturated carbocycles. The van der Waals surface area contributed by atoms with Crippen molar-refractivity contribution < 1.29 is 0 Å². The Labute approximate surface area is 111 Å². The Bertz CT molecular complexity index is 357. The predicted molar refractivity (Wildman–Crippen MR) is 78.1 cm³/mol. The van der Waals surface area contributed by atoms with Crippen molar-refractivity contribution in [2.75, 3.05) is 44.2 Å². The van der Waals surface area contributed by atoms with E-state index in [0.717, 1.165) is 26.2 Å². The second-order valence-electron chi connectivity index (χ2n) is 4.83. The molecule has 3 nitrogen and oxygen atoms in total. The zero-order valence-corrected chi connectivity index (χ0v) is 11.7. The lowest BCUT2D eigenvalue weighted by molar-refractivity contribution is 0.271. The Hall–Kier alpha value is -1.06. The third-order valence-electron chi connectivity index (χ3n) is 3.72. The van der Waals surface area contributed by atoms with Crippen LogP contribution in [-0.2, 0) is 6.54 Å². The molecule has 0 bridgehead atoms. The van der Waals surface area contributed by atoms with Gasteiger partial charge in [0.15, 0.2) is 0 Å². The molecule has 0 amide bonds. The Morgan fingerprint density at radius 3 is 2.44 bits per heavy atom. The van der Waals surface area contributed by atoms with Gasteiger partial charge in [-0.2, -0.15) is 0 Å². The molecule has 1 fully saturated rings. The van der Waals surface area contributed by atoms with Gasteiger partial charge in [0.25, 0.3) is 0 Å². The predicted octanol–water partition coefficient (Wildman–Crippen LogP) is 1.94. The first-order valence-electron chi connectivity index (χ1n) is 7.11. The van der Waals surface area contributed by atoms with Crippen LogP contribution in [-0.4, -0.2) is 44.2 Å². The monoisotopic (exact) mass is 247 g/mol. The number of hydrogen-bond acceptors (Lipinski definition) is 3. The topological polar surface area (TPSA) is 18.5 Å². The largest absolute Gasteiger partial charge is 0.369 e. The summed E-state index contributed by atoms with van der Waals surface area (Å²) in [6, 6.07) is 8.79. The molecule has 1 heterocycles. The van der Waals surface area contributed by atoms with Crippen molar-refractivity contribution in [3.63, 3.8) is 0 Å². The number of piperazine rings is 1. The van der Waals surface area contributed by atoms with E-state index in [-0.39, 0.29) is 0 Å². The molecular formula is C15H25N3. The molecule has 0 aliphatic carbocycles. The molecule has 1 saturated heterocycles. The standard InChI is InChI=1S/C15H25N3/c1-3-16-13-14-7-5-6-8-15(14)18-11-9-17(4-2)10-12-18/h5-8,16H,3-4,9-13H2,1-2H3. The van der Waals surface area contributed by atoms with E-state index in [0.29, 0.717) is 0 Å². The van der Waals surface area contributed by atoms with Crippen LogP contribution in [0.25, 0.3) is 0 Å².